The zero-order valence-corrected chi connectivity index (χ0v) is 14.0. The van der Waals surface area contributed by atoms with Crippen LogP contribution >= 0.6 is 0 Å². The fourth-order valence-corrected chi connectivity index (χ4v) is 3.03. The monoisotopic (exact) mass is 295 g/mol. The third kappa shape index (κ3) is 2.96. The van der Waals surface area contributed by atoms with Crippen molar-refractivity contribution in [1.82, 2.24) is 0 Å². The van der Waals surface area contributed by atoms with Crippen LogP contribution in [0, 0.1) is 6.92 Å². The molecular weight excluding hydrogens is 270 g/mol. The first-order chi connectivity index (χ1) is 10.5. The third-order valence-corrected chi connectivity index (χ3v) is 4.39. The Kier molecular flexibility index (Phi) is 3.86. The highest BCUT2D eigenvalue weighted by atomic mass is 16.5. The molecule has 2 aromatic carbocycles. The number of rotatable bonds is 4. The summed E-state index contributed by atoms with van der Waals surface area (Å²) in [6.45, 7) is 9.47. The lowest BCUT2D eigenvalue weighted by Gasteiger charge is -2.18. The number of benzene rings is 2. The fourth-order valence-electron chi connectivity index (χ4n) is 3.03. The molecule has 2 nitrogen and oxygen atoms in total. The van der Waals surface area contributed by atoms with Crippen molar-refractivity contribution in [1.29, 1.82) is 0 Å². The molecule has 3 rings (SSSR count). The molecule has 0 bridgehead atoms. The van der Waals surface area contributed by atoms with Gasteiger partial charge < -0.3 is 10.1 Å². The van der Waals surface area contributed by atoms with Crippen molar-refractivity contribution in [2.75, 3.05) is 5.32 Å². The van der Waals surface area contributed by atoms with Gasteiger partial charge in [0.1, 0.15) is 11.4 Å². The minimum absolute atomic E-state index is 0.104. The number of hydrogen-bond acceptors (Lipinski definition) is 2. The summed E-state index contributed by atoms with van der Waals surface area (Å²) in [5.74, 6) is 1.04. The average Bonchev–Trinajstić information content (AvgIpc) is 2.83. The molecule has 22 heavy (non-hydrogen) atoms. The normalized spacial score (nSPS) is 15.3. The van der Waals surface area contributed by atoms with Crippen molar-refractivity contribution in [3.63, 3.8) is 0 Å². The maximum Gasteiger partial charge on any atom is 0.146 e. The first-order valence-corrected chi connectivity index (χ1v) is 8.12. The van der Waals surface area contributed by atoms with Gasteiger partial charge in [-0.15, -0.1) is 0 Å². The van der Waals surface area contributed by atoms with Crippen LogP contribution in [0.5, 0.6) is 5.75 Å². The van der Waals surface area contributed by atoms with Gasteiger partial charge >= 0.3 is 0 Å². The maximum atomic E-state index is 6.17. The molecule has 1 aliphatic heterocycles. The second-order valence-electron chi connectivity index (χ2n) is 6.80. The van der Waals surface area contributed by atoms with Gasteiger partial charge in [-0.3, -0.25) is 0 Å². The van der Waals surface area contributed by atoms with E-state index in [0.29, 0.717) is 0 Å². The molecule has 0 amide bonds. The summed E-state index contributed by atoms with van der Waals surface area (Å²) in [5, 5.41) is 3.54. The minimum Gasteiger partial charge on any atom is -0.485 e. The molecule has 0 saturated heterocycles. The van der Waals surface area contributed by atoms with E-state index in [2.05, 4.69) is 69.4 Å². The van der Waals surface area contributed by atoms with Gasteiger partial charge in [0.25, 0.3) is 0 Å². The second kappa shape index (κ2) is 5.68. The van der Waals surface area contributed by atoms with Crippen molar-refractivity contribution in [3.8, 4) is 5.75 Å². The molecule has 0 saturated carbocycles. The average molecular weight is 295 g/mol. The highest BCUT2D eigenvalue weighted by Crippen LogP contribution is 2.42. The van der Waals surface area contributed by atoms with E-state index in [0.717, 1.165) is 30.8 Å². The van der Waals surface area contributed by atoms with Crippen LogP contribution in [0.2, 0.25) is 0 Å². The molecule has 0 radical (unpaired) electrons. The molecular formula is C20H25NO. The Labute approximate surface area is 133 Å². The number of ether oxygens (including phenoxy) is 1. The first-order valence-electron chi connectivity index (χ1n) is 8.12. The van der Waals surface area contributed by atoms with E-state index in [1.54, 1.807) is 0 Å². The molecule has 0 aliphatic carbocycles. The molecule has 1 N–H and O–H groups in total. The van der Waals surface area contributed by atoms with E-state index in [-0.39, 0.29) is 5.60 Å². The summed E-state index contributed by atoms with van der Waals surface area (Å²) in [7, 11) is 0. The lowest BCUT2D eigenvalue weighted by molar-refractivity contribution is 0.139. The lowest BCUT2D eigenvalue weighted by atomic mass is 9.97. The highest BCUT2D eigenvalue weighted by molar-refractivity contribution is 5.64. The summed E-state index contributed by atoms with van der Waals surface area (Å²) < 4.78 is 6.17. The van der Waals surface area contributed by atoms with Crippen molar-refractivity contribution < 1.29 is 4.74 Å². The van der Waals surface area contributed by atoms with E-state index >= 15 is 0 Å². The molecule has 1 aliphatic rings. The summed E-state index contributed by atoms with van der Waals surface area (Å²) in [6.07, 6.45) is 2.07. The van der Waals surface area contributed by atoms with Gasteiger partial charge in [0, 0.05) is 18.5 Å². The van der Waals surface area contributed by atoms with Crippen LogP contribution in [0.15, 0.2) is 36.4 Å². The predicted octanol–water partition coefficient (Wildman–Crippen LogP) is 4.88. The maximum absolute atomic E-state index is 6.17. The Bertz CT molecular complexity index is 671. The van der Waals surface area contributed by atoms with Crippen LogP contribution in [0.25, 0.3) is 0 Å². The largest absolute Gasteiger partial charge is 0.485 e. The van der Waals surface area contributed by atoms with Crippen LogP contribution in [-0.4, -0.2) is 5.60 Å². The van der Waals surface area contributed by atoms with Gasteiger partial charge in [-0.1, -0.05) is 37.3 Å². The van der Waals surface area contributed by atoms with Gasteiger partial charge in [-0.05, 0) is 49.9 Å². The molecule has 1 heterocycles. The van der Waals surface area contributed by atoms with Crippen LogP contribution < -0.4 is 10.1 Å². The van der Waals surface area contributed by atoms with Gasteiger partial charge in [-0.2, -0.15) is 0 Å². The number of aryl methyl sites for hydroxylation is 2. The summed E-state index contributed by atoms with van der Waals surface area (Å²) in [6, 6.07) is 13.1. The van der Waals surface area contributed by atoms with Crippen molar-refractivity contribution in [2.45, 2.75) is 52.7 Å². The highest BCUT2D eigenvalue weighted by Gasteiger charge is 2.32. The number of fused-ring (bicyclic) bond motifs is 1. The van der Waals surface area contributed by atoms with Crippen molar-refractivity contribution in [3.05, 3.63) is 58.7 Å². The van der Waals surface area contributed by atoms with Crippen LogP contribution in [0.1, 0.15) is 43.0 Å². The standard InChI is InChI=1S/C20H25NO/c1-5-15-7-9-16(10-8-15)13-21-18-11-6-14(2)17-12-20(3,4)22-19(17)18/h6-11,21H,5,12-13H2,1-4H3. The molecule has 2 heteroatoms. The van der Waals surface area contributed by atoms with Crippen molar-refractivity contribution in [2.24, 2.45) is 0 Å². The fraction of sp³-hybridized carbons (Fsp3) is 0.400. The SMILES string of the molecule is CCc1ccc(CNc2ccc(C)c3c2OC(C)(C)C3)cc1. The van der Waals surface area contributed by atoms with Gasteiger partial charge in [0.05, 0.1) is 5.69 Å². The molecule has 0 fully saturated rings. The minimum atomic E-state index is -0.104. The molecule has 0 spiro atoms. The Morgan fingerprint density at radius 1 is 1.05 bits per heavy atom. The quantitative estimate of drug-likeness (QED) is 0.867. The van der Waals surface area contributed by atoms with E-state index in [1.165, 1.54) is 22.3 Å². The van der Waals surface area contributed by atoms with E-state index in [9.17, 15) is 0 Å². The third-order valence-electron chi connectivity index (χ3n) is 4.39. The Hall–Kier alpha value is -1.96. The second-order valence-corrected chi connectivity index (χ2v) is 6.80. The van der Waals surface area contributed by atoms with Crippen LogP contribution in [0.4, 0.5) is 5.69 Å². The topological polar surface area (TPSA) is 21.3 Å². The van der Waals surface area contributed by atoms with Gasteiger partial charge in [-0.25, -0.2) is 0 Å². The summed E-state index contributed by atoms with van der Waals surface area (Å²) >= 11 is 0. The molecule has 116 valence electrons. The van der Waals surface area contributed by atoms with E-state index < -0.39 is 0 Å². The first kappa shape index (κ1) is 15.0. The Morgan fingerprint density at radius 2 is 1.73 bits per heavy atom. The summed E-state index contributed by atoms with van der Waals surface area (Å²) in [4.78, 5) is 0. The molecule has 0 unspecified atom stereocenters. The summed E-state index contributed by atoms with van der Waals surface area (Å²) in [5.41, 5.74) is 6.34. The number of nitrogens with one attached hydrogen (secondary N) is 1. The van der Waals surface area contributed by atoms with Crippen LogP contribution in [-0.2, 0) is 19.4 Å². The van der Waals surface area contributed by atoms with Crippen LogP contribution in [0.3, 0.4) is 0 Å². The van der Waals surface area contributed by atoms with E-state index in [1.807, 2.05) is 0 Å². The Morgan fingerprint density at radius 3 is 2.41 bits per heavy atom. The van der Waals surface area contributed by atoms with E-state index in [4.69, 9.17) is 4.74 Å². The predicted molar refractivity (Wildman–Crippen MR) is 92.7 cm³/mol. The number of anilines is 1. The molecule has 2 aromatic rings. The van der Waals surface area contributed by atoms with Crippen molar-refractivity contribution >= 4 is 5.69 Å². The Balaban J connectivity index is 1.78. The molecule has 0 aromatic heterocycles. The zero-order chi connectivity index (χ0) is 15.7. The number of hydrogen-bond donors (Lipinski definition) is 1. The van der Waals surface area contributed by atoms with Gasteiger partial charge in [0.2, 0.25) is 0 Å². The van der Waals surface area contributed by atoms with Gasteiger partial charge in [0.15, 0.2) is 0 Å². The smallest absolute Gasteiger partial charge is 0.146 e. The molecule has 0 atom stereocenters. The zero-order valence-electron chi connectivity index (χ0n) is 14.0. The lowest BCUT2D eigenvalue weighted by Crippen LogP contribution is -2.25.